The fourth-order valence-corrected chi connectivity index (χ4v) is 2.05. The van der Waals surface area contributed by atoms with E-state index in [0.29, 0.717) is 0 Å². The predicted octanol–water partition coefficient (Wildman–Crippen LogP) is 1.37. The van der Waals surface area contributed by atoms with Crippen LogP contribution in [0.4, 0.5) is 0 Å². The summed E-state index contributed by atoms with van der Waals surface area (Å²) in [6, 6.07) is 3.92. The molecule has 0 spiro atoms. The first-order valence-electron chi connectivity index (χ1n) is 4.77. The Morgan fingerprint density at radius 1 is 1.15 bits per heavy atom. The number of methoxy groups -OCH3 is 1. The van der Waals surface area contributed by atoms with Crippen molar-refractivity contribution in [1.29, 1.82) is 0 Å². The van der Waals surface area contributed by atoms with Crippen molar-refractivity contribution in [2.45, 2.75) is 25.7 Å². The number of benzene rings is 1. The number of ether oxygens (including phenoxy) is 1. The van der Waals surface area contributed by atoms with Gasteiger partial charge in [0.05, 0.1) is 7.11 Å². The number of rotatable bonds is 1. The minimum Gasteiger partial charge on any atom is -0.496 e. The maximum atomic E-state index is 5.91. The summed E-state index contributed by atoms with van der Waals surface area (Å²) in [5.74, 6) is 1.00. The molecule has 2 heteroatoms. The average molecular weight is 172 g/mol. The molecular formula is C11H13BO. The standard InChI is InChI=1S/C11H13BO/c1-13-11-7-6-10(12)8-4-2-3-5-9(8)11/h6-7H,2-5H2,1H3. The van der Waals surface area contributed by atoms with Gasteiger partial charge in [0, 0.05) is 0 Å². The molecule has 0 saturated carbocycles. The van der Waals surface area contributed by atoms with Crippen molar-refractivity contribution in [3.8, 4) is 5.75 Å². The zero-order chi connectivity index (χ0) is 9.26. The third-order valence-corrected chi connectivity index (χ3v) is 2.75. The summed E-state index contributed by atoms with van der Waals surface area (Å²) >= 11 is 0. The second kappa shape index (κ2) is 3.45. The summed E-state index contributed by atoms with van der Waals surface area (Å²) in [4.78, 5) is 0. The van der Waals surface area contributed by atoms with Crippen molar-refractivity contribution < 1.29 is 4.74 Å². The first kappa shape index (κ1) is 8.67. The normalized spacial score (nSPS) is 15.2. The summed E-state index contributed by atoms with van der Waals surface area (Å²) in [7, 11) is 7.63. The van der Waals surface area contributed by atoms with Gasteiger partial charge in [-0.05, 0) is 42.9 Å². The molecule has 2 radical (unpaired) electrons. The third-order valence-electron chi connectivity index (χ3n) is 2.75. The quantitative estimate of drug-likeness (QED) is 0.581. The minimum absolute atomic E-state index is 0.926. The molecule has 1 aromatic carbocycles. The lowest BCUT2D eigenvalue weighted by Crippen LogP contribution is -2.17. The molecule has 1 aliphatic carbocycles. The molecule has 1 nitrogen and oxygen atoms in total. The van der Waals surface area contributed by atoms with Gasteiger partial charge >= 0.3 is 0 Å². The van der Waals surface area contributed by atoms with Crippen LogP contribution in [0.25, 0.3) is 0 Å². The zero-order valence-corrected chi connectivity index (χ0v) is 7.97. The Morgan fingerprint density at radius 2 is 1.85 bits per heavy atom. The van der Waals surface area contributed by atoms with E-state index in [9.17, 15) is 0 Å². The molecule has 1 aromatic rings. The lowest BCUT2D eigenvalue weighted by molar-refractivity contribution is 0.406. The molecule has 2 rings (SSSR count). The maximum Gasteiger partial charge on any atom is 0.122 e. The molecule has 0 saturated heterocycles. The lowest BCUT2D eigenvalue weighted by Gasteiger charge is -2.20. The Labute approximate surface area is 80.5 Å². The molecule has 0 N–H and O–H groups in total. The molecule has 1 aliphatic rings. The van der Waals surface area contributed by atoms with Crippen LogP contribution in [-0.4, -0.2) is 15.0 Å². The zero-order valence-electron chi connectivity index (χ0n) is 7.97. The van der Waals surface area contributed by atoms with E-state index in [1.165, 1.54) is 24.0 Å². The Bertz CT molecular complexity index is 320. The van der Waals surface area contributed by atoms with Crippen molar-refractivity contribution in [2.75, 3.05) is 7.11 Å². The minimum atomic E-state index is 0.926. The monoisotopic (exact) mass is 172 g/mol. The Morgan fingerprint density at radius 3 is 2.54 bits per heavy atom. The van der Waals surface area contributed by atoms with Gasteiger partial charge in [-0.15, -0.1) is 0 Å². The summed E-state index contributed by atoms with van der Waals surface area (Å²) in [5.41, 5.74) is 3.56. The van der Waals surface area contributed by atoms with Crippen molar-refractivity contribution in [3.63, 3.8) is 0 Å². The van der Waals surface area contributed by atoms with Crippen LogP contribution in [0.5, 0.6) is 5.75 Å². The van der Waals surface area contributed by atoms with Crippen LogP contribution in [-0.2, 0) is 12.8 Å². The van der Waals surface area contributed by atoms with Crippen molar-refractivity contribution in [1.82, 2.24) is 0 Å². The highest BCUT2D eigenvalue weighted by atomic mass is 16.5. The second-order valence-corrected chi connectivity index (χ2v) is 3.52. The van der Waals surface area contributed by atoms with Gasteiger partial charge in [-0.3, -0.25) is 0 Å². The van der Waals surface area contributed by atoms with Crippen LogP contribution in [0, 0.1) is 0 Å². The van der Waals surface area contributed by atoms with E-state index < -0.39 is 0 Å². The molecule has 13 heavy (non-hydrogen) atoms. The van der Waals surface area contributed by atoms with Crippen LogP contribution in [0.15, 0.2) is 12.1 Å². The second-order valence-electron chi connectivity index (χ2n) is 3.52. The molecule has 0 fully saturated rings. The van der Waals surface area contributed by atoms with Gasteiger partial charge in [-0.1, -0.05) is 11.5 Å². The summed E-state index contributed by atoms with van der Waals surface area (Å²) < 4.78 is 5.31. The first-order chi connectivity index (χ1) is 6.33. The van der Waals surface area contributed by atoms with Gasteiger partial charge < -0.3 is 4.74 Å². The highest BCUT2D eigenvalue weighted by molar-refractivity contribution is 6.33. The van der Waals surface area contributed by atoms with Crippen molar-refractivity contribution in [2.24, 2.45) is 0 Å². The van der Waals surface area contributed by atoms with Crippen molar-refractivity contribution >= 4 is 13.3 Å². The van der Waals surface area contributed by atoms with Gasteiger partial charge in [0.25, 0.3) is 0 Å². The van der Waals surface area contributed by atoms with Crippen LogP contribution in [0.1, 0.15) is 24.0 Å². The van der Waals surface area contributed by atoms with Crippen LogP contribution < -0.4 is 10.2 Å². The fourth-order valence-electron chi connectivity index (χ4n) is 2.05. The van der Waals surface area contributed by atoms with Gasteiger partial charge in [-0.25, -0.2) is 0 Å². The van der Waals surface area contributed by atoms with Crippen molar-refractivity contribution in [3.05, 3.63) is 23.3 Å². The van der Waals surface area contributed by atoms with E-state index >= 15 is 0 Å². The topological polar surface area (TPSA) is 9.23 Å². The molecule has 0 heterocycles. The van der Waals surface area contributed by atoms with E-state index in [2.05, 4.69) is 0 Å². The highest BCUT2D eigenvalue weighted by Gasteiger charge is 2.14. The largest absolute Gasteiger partial charge is 0.496 e. The Balaban J connectivity index is 2.52. The molecule has 0 amide bonds. The fraction of sp³-hybridized carbons (Fsp3) is 0.455. The molecule has 0 aromatic heterocycles. The number of hydrogen-bond acceptors (Lipinski definition) is 1. The molecule has 0 aliphatic heterocycles. The number of hydrogen-bond donors (Lipinski definition) is 0. The molecular weight excluding hydrogens is 159 g/mol. The summed E-state index contributed by atoms with van der Waals surface area (Å²) in [5, 5.41) is 0. The van der Waals surface area contributed by atoms with Gasteiger partial charge in [0.2, 0.25) is 0 Å². The smallest absolute Gasteiger partial charge is 0.122 e. The van der Waals surface area contributed by atoms with Crippen LogP contribution >= 0.6 is 0 Å². The molecule has 66 valence electrons. The van der Waals surface area contributed by atoms with E-state index in [1.54, 1.807) is 7.11 Å². The number of fused-ring (bicyclic) bond motifs is 1. The van der Waals surface area contributed by atoms with Crippen LogP contribution in [0.3, 0.4) is 0 Å². The van der Waals surface area contributed by atoms with Gasteiger partial charge in [0.1, 0.15) is 13.6 Å². The third kappa shape index (κ3) is 1.45. The molecule has 0 bridgehead atoms. The summed E-state index contributed by atoms with van der Waals surface area (Å²) in [6.07, 6.45) is 4.74. The van der Waals surface area contributed by atoms with Gasteiger partial charge in [-0.2, -0.15) is 0 Å². The van der Waals surface area contributed by atoms with E-state index in [0.717, 1.165) is 24.1 Å². The summed E-state index contributed by atoms with van der Waals surface area (Å²) in [6.45, 7) is 0. The maximum absolute atomic E-state index is 5.91. The highest BCUT2D eigenvalue weighted by Crippen LogP contribution is 2.27. The Hall–Kier alpha value is -0.915. The molecule has 0 atom stereocenters. The SMILES string of the molecule is [B]c1ccc(OC)c2c1CCCC2. The first-order valence-corrected chi connectivity index (χ1v) is 4.77. The van der Waals surface area contributed by atoms with E-state index in [4.69, 9.17) is 12.6 Å². The molecule has 0 unspecified atom stereocenters. The predicted molar refractivity (Wildman–Crippen MR) is 55.0 cm³/mol. The lowest BCUT2D eigenvalue weighted by atomic mass is 9.80. The average Bonchev–Trinajstić information content (AvgIpc) is 2.19. The van der Waals surface area contributed by atoms with E-state index in [-0.39, 0.29) is 0 Å². The Kier molecular flexibility index (Phi) is 2.30. The van der Waals surface area contributed by atoms with Gasteiger partial charge in [0.15, 0.2) is 0 Å². The van der Waals surface area contributed by atoms with Crippen LogP contribution in [0.2, 0.25) is 0 Å². The van der Waals surface area contributed by atoms with E-state index in [1.807, 2.05) is 12.1 Å².